The summed E-state index contributed by atoms with van der Waals surface area (Å²) in [7, 11) is 0. The van der Waals surface area contributed by atoms with Crippen molar-refractivity contribution in [3.63, 3.8) is 0 Å². The molecule has 0 N–H and O–H groups in total. The van der Waals surface area contributed by atoms with Crippen LogP contribution in [-0.2, 0) is 14.3 Å². The van der Waals surface area contributed by atoms with Gasteiger partial charge in [-0.2, -0.15) is 0 Å². The van der Waals surface area contributed by atoms with Gasteiger partial charge >= 0.3 is 12.1 Å². The summed E-state index contributed by atoms with van der Waals surface area (Å²) in [4.78, 5) is 22.8. The Labute approximate surface area is 153 Å². The van der Waals surface area contributed by atoms with Crippen molar-refractivity contribution in [1.82, 2.24) is 0 Å². The third-order valence-electron chi connectivity index (χ3n) is 3.58. The van der Waals surface area contributed by atoms with E-state index in [0.717, 1.165) is 23.6 Å². The monoisotopic (exact) mass is 354 g/mol. The molecule has 0 aliphatic heterocycles. The van der Waals surface area contributed by atoms with Crippen LogP contribution in [0, 0.1) is 0 Å². The molecule has 0 aromatic heterocycles. The molecule has 0 heterocycles. The first-order valence-electron chi connectivity index (χ1n) is 8.49. The Hall–Kier alpha value is -3.08. The smallest absolute Gasteiger partial charge is 0.463 e. The number of esters is 1. The zero-order valence-electron chi connectivity index (χ0n) is 14.6. The molecule has 0 saturated carbocycles. The predicted molar refractivity (Wildman–Crippen MR) is 98.9 cm³/mol. The average molecular weight is 354 g/mol. The number of unbranched alkanes of at least 4 members (excludes halogenated alkanes) is 2. The van der Waals surface area contributed by atoms with Crippen LogP contribution in [0.15, 0.2) is 67.3 Å². The molecule has 0 amide bonds. The third kappa shape index (κ3) is 6.43. The summed E-state index contributed by atoms with van der Waals surface area (Å²) >= 11 is 0. The van der Waals surface area contributed by atoms with E-state index in [2.05, 4.69) is 6.58 Å². The van der Waals surface area contributed by atoms with Crippen LogP contribution < -0.4 is 4.74 Å². The lowest BCUT2D eigenvalue weighted by Gasteiger charge is -2.10. The number of carbonyl (C=O) groups excluding carboxylic acids is 2. The number of rotatable bonds is 9. The van der Waals surface area contributed by atoms with Gasteiger partial charge in [-0.05, 0) is 30.9 Å². The Morgan fingerprint density at radius 1 is 0.846 bits per heavy atom. The largest absolute Gasteiger partial charge is 0.513 e. The van der Waals surface area contributed by atoms with Crippen LogP contribution in [0.25, 0.3) is 11.1 Å². The van der Waals surface area contributed by atoms with Crippen molar-refractivity contribution in [3.05, 3.63) is 67.3 Å². The second-order valence-electron chi connectivity index (χ2n) is 5.49. The molecule has 0 radical (unpaired) electrons. The van der Waals surface area contributed by atoms with E-state index >= 15 is 0 Å². The third-order valence-corrected chi connectivity index (χ3v) is 3.58. The molecular formula is C21H22O5. The van der Waals surface area contributed by atoms with Crippen LogP contribution in [0.1, 0.15) is 19.3 Å². The Morgan fingerprint density at radius 2 is 1.50 bits per heavy atom. The van der Waals surface area contributed by atoms with Crippen LogP contribution in [0.4, 0.5) is 4.79 Å². The SMILES string of the molecule is C=CC(=O)OCCCCCOC(=O)Oc1ccccc1-c1ccccc1. The highest BCUT2D eigenvalue weighted by molar-refractivity contribution is 5.81. The Morgan fingerprint density at radius 3 is 2.23 bits per heavy atom. The number of hydrogen-bond acceptors (Lipinski definition) is 5. The fourth-order valence-electron chi connectivity index (χ4n) is 2.30. The fourth-order valence-corrected chi connectivity index (χ4v) is 2.30. The molecule has 5 heteroatoms. The molecule has 2 rings (SSSR count). The molecule has 0 saturated heterocycles. The number of carbonyl (C=O) groups is 2. The molecule has 0 atom stereocenters. The quantitative estimate of drug-likeness (QED) is 0.281. The summed E-state index contributed by atoms with van der Waals surface area (Å²) in [6.45, 7) is 3.91. The van der Waals surface area contributed by atoms with Gasteiger partial charge in [-0.1, -0.05) is 55.1 Å². The normalized spacial score (nSPS) is 10.0. The van der Waals surface area contributed by atoms with Crippen molar-refractivity contribution in [2.75, 3.05) is 13.2 Å². The highest BCUT2D eigenvalue weighted by Crippen LogP contribution is 2.29. The first kappa shape index (κ1) is 19.2. The van der Waals surface area contributed by atoms with E-state index in [9.17, 15) is 9.59 Å². The van der Waals surface area contributed by atoms with Gasteiger partial charge in [0.05, 0.1) is 13.2 Å². The zero-order chi connectivity index (χ0) is 18.6. The van der Waals surface area contributed by atoms with Gasteiger partial charge in [-0.15, -0.1) is 0 Å². The van der Waals surface area contributed by atoms with Gasteiger partial charge in [0.25, 0.3) is 0 Å². The maximum atomic E-state index is 11.9. The van der Waals surface area contributed by atoms with E-state index in [1.165, 1.54) is 0 Å². The zero-order valence-corrected chi connectivity index (χ0v) is 14.6. The summed E-state index contributed by atoms with van der Waals surface area (Å²) in [5, 5.41) is 0. The van der Waals surface area contributed by atoms with Crippen LogP contribution >= 0.6 is 0 Å². The first-order chi connectivity index (χ1) is 12.7. The van der Waals surface area contributed by atoms with E-state index in [1.54, 1.807) is 12.1 Å². The predicted octanol–water partition coefficient (Wildman–Crippen LogP) is 4.77. The molecule has 26 heavy (non-hydrogen) atoms. The van der Waals surface area contributed by atoms with Gasteiger partial charge in [0, 0.05) is 11.6 Å². The van der Waals surface area contributed by atoms with Gasteiger partial charge in [-0.25, -0.2) is 9.59 Å². The summed E-state index contributed by atoms with van der Waals surface area (Å²) in [5.41, 5.74) is 1.79. The van der Waals surface area contributed by atoms with E-state index in [0.29, 0.717) is 25.2 Å². The average Bonchev–Trinajstić information content (AvgIpc) is 2.68. The van der Waals surface area contributed by atoms with Crippen molar-refractivity contribution in [2.45, 2.75) is 19.3 Å². The number of ether oxygens (including phenoxy) is 3. The van der Waals surface area contributed by atoms with Crippen LogP contribution in [0.5, 0.6) is 5.75 Å². The Balaban J connectivity index is 1.74. The van der Waals surface area contributed by atoms with Crippen molar-refractivity contribution < 1.29 is 23.8 Å². The highest BCUT2D eigenvalue weighted by atomic mass is 16.7. The van der Waals surface area contributed by atoms with E-state index in [-0.39, 0.29) is 6.61 Å². The van der Waals surface area contributed by atoms with Crippen molar-refractivity contribution in [3.8, 4) is 16.9 Å². The van der Waals surface area contributed by atoms with Crippen LogP contribution in [0.3, 0.4) is 0 Å². The molecule has 0 aliphatic rings. The number of hydrogen-bond donors (Lipinski definition) is 0. The van der Waals surface area contributed by atoms with Gasteiger partial charge in [-0.3, -0.25) is 0 Å². The summed E-state index contributed by atoms with van der Waals surface area (Å²) < 4.78 is 15.3. The molecule has 0 aliphatic carbocycles. The highest BCUT2D eigenvalue weighted by Gasteiger charge is 2.11. The standard InChI is InChI=1S/C21H22O5/c1-2-20(22)24-15-9-4-10-16-25-21(23)26-19-14-8-7-13-18(19)17-11-5-3-6-12-17/h2-3,5-8,11-14H,1,4,9-10,15-16H2. The Kier molecular flexibility index (Phi) is 7.93. The van der Waals surface area contributed by atoms with E-state index < -0.39 is 12.1 Å². The molecule has 0 bridgehead atoms. The van der Waals surface area contributed by atoms with Crippen LogP contribution in [0.2, 0.25) is 0 Å². The van der Waals surface area contributed by atoms with Gasteiger partial charge < -0.3 is 14.2 Å². The molecule has 0 spiro atoms. The van der Waals surface area contributed by atoms with Crippen molar-refractivity contribution in [1.29, 1.82) is 0 Å². The first-order valence-corrected chi connectivity index (χ1v) is 8.49. The van der Waals surface area contributed by atoms with Gasteiger partial charge in [0.15, 0.2) is 0 Å². The van der Waals surface area contributed by atoms with Gasteiger partial charge in [0.2, 0.25) is 0 Å². The maximum Gasteiger partial charge on any atom is 0.513 e. The van der Waals surface area contributed by atoms with Crippen molar-refractivity contribution in [2.24, 2.45) is 0 Å². The van der Waals surface area contributed by atoms with Crippen LogP contribution in [-0.4, -0.2) is 25.3 Å². The molecule has 5 nitrogen and oxygen atoms in total. The molecule has 2 aromatic rings. The minimum Gasteiger partial charge on any atom is -0.463 e. The lowest BCUT2D eigenvalue weighted by atomic mass is 10.1. The summed E-state index contributed by atoms with van der Waals surface area (Å²) in [6, 6.07) is 17.0. The van der Waals surface area contributed by atoms with E-state index in [4.69, 9.17) is 14.2 Å². The second kappa shape index (κ2) is 10.7. The summed E-state index contributed by atoms with van der Waals surface area (Å²) in [5.74, 6) is 0.0296. The lowest BCUT2D eigenvalue weighted by molar-refractivity contribution is -0.137. The Bertz CT molecular complexity index is 724. The molecule has 136 valence electrons. The topological polar surface area (TPSA) is 61.8 Å². The number of benzene rings is 2. The van der Waals surface area contributed by atoms with Crippen molar-refractivity contribution >= 4 is 12.1 Å². The summed E-state index contributed by atoms with van der Waals surface area (Å²) in [6.07, 6.45) is 2.55. The molecule has 2 aromatic carbocycles. The molecule has 0 unspecified atom stereocenters. The second-order valence-corrected chi connectivity index (χ2v) is 5.49. The lowest BCUT2D eigenvalue weighted by Crippen LogP contribution is -2.12. The maximum absolute atomic E-state index is 11.9. The minimum atomic E-state index is -0.730. The fraction of sp³-hybridized carbons (Fsp3) is 0.238. The van der Waals surface area contributed by atoms with E-state index in [1.807, 2.05) is 42.5 Å². The number of para-hydroxylation sites is 1. The molecular weight excluding hydrogens is 332 g/mol. The van der Waals surface area contributed by atoms with Gasteiger partial charge in [0.1, 0.15) is 5.75 Å². The minimum absolute atomic E-state index is 0.252. The molecule has 0 fully saturated rings.